The summed E-state index contributed by atoms with van der Waals surface area (Å²) in [5.74, 6) is 0.663. The third kappa shape index (κ3) is 4.03. The van der Waals surface area contributed by atoms with Crippen LogP contribution in [-0.2, 0) is 27.8 Å². The molecule has 0 aromatic heterocycles. The molecule has 2 aromatic carbocycles. The van der Waals surface area contributed by atoms with Gasteiger partial charge in [0.2, 0.25) is 10.0 Å². The van der Waals surface area contributed by atoms with Gasteiger partial charge in [-0.15, -0.1) is 0 Å². The Balaban J connectivity index is 1.69. The van der Waals surface area contributed by atoms with E-state index in [-0.39, 0.29) is 11.0 Å². The molecular formula is C19H23NO4S. The van der Waals surface area contributed by atoms with Gasteiger partial charge in [0.15, 0.2) is 0 Å². The van der Waals surface area contributed by atoms with Crippen LogP contribution in [0.4, 0.5) is 0 Å². The van der Waals surface area contributed by atoms with E-state index < -0.39 is 10.0 Å². The van der Waals surface area contributed by atoms with Crippen molar-refractivity contribution in [1.82, 2.24) is 4.31 Å². The molecule has 0 saturated heterocycles. The van der Waals surface area contributed by atoms with Gasteiger partial charge in [-0.1, -0.05) is 24.3 Å². The van der Waals surface area contributed by atoms with E-state index in [0.29, 0.717) is 25.5 Å². The summed E-state index contributed by atoms with van der Waals surface area (Å²) in [6.07, 6.45) is 0.580. The summed E-state index contributed by atoms with van der Waals surface area (Å²) in [6, 6.07) is 14.6. The summed E-state index contributed by atoms with van der Waals surface area (Å²) >= 11 is 0. The fourth-order valence-corrected chi connectivity index (χ4v) is 4.17. The molecule has 0 saturated carbocycles. The molecule has 0 fully saturated rings. The van der Waals surface area contributed by atoms with Crippen molar-refractivity contribution < 1.29 is 17.9 Å². The zero-order valence-corrected chi connectivity index (χ0v) is 15.3. The molecule has 0 bridgehead atoms. The van der Waals surface area contributed by atoms with Gasteiger partial charge in [0, 0.05) is 20.0 Å². The first-order valence-corrected chi connectivity index (χ1v) is 9.82. The third-order valence-corrected chi connectivity index (χ3v) is 6.18. The first-order valence-electron chi connectivity index (χ1n) is 8.38. The van der Waals surface area contributed by atoms with E-state index in [9.17, 15) is 8.42 Å². The summed E-state index contributed by atoms with van der Waals surface area (Å²) in [5.41, 5.74) is 2.40. The quantitative estimate of drug-likeness (QED) is 0.794. The summed E-state index contributed by atoms with van der Waals surface area (Å²) in [5, 5.41) is 0. The standard InChI is InChI=1S/C19H23NO4S/c1-3-23-17-8-10-19(11-9-17)25(21,22)20(2)13-18-12-15-6-4-5-7-16(15)14-24-18/h4-11,18H,3,12-14H2,1-2H3. The van der Waals surface area contributed by atoms with E-state index in [4.69, 9.17) is 9.47 Å². The second kappa shape index (κ2) is 7.56. The average molecular weight is 361 g/mol. The molecule has 1 aliphatic heterocycles. The lowest BCUT2D eigenvalue weighted by molar-refractivity contribution is 0.0202. The maximum atomic E-state index is 12.8. The molecule has 1 atom stereocenters. The lowest BCUT2D eigenvalue weighted by Gasteiger charge is -2.28. The SMILES string of the molecule is CCOc1ccc(S(=O)(=O)N(C)CC2Cc3ccccc3CO2)cc1. The molecule has 6 heteroatoms. The van der Waals surface area contributed by atoms with Gasteiger partial charge in [0.25, 0.3) is 0 Å². The van der Waals surface area contributed by atoms with Crippen molar-refractivity contribution in [2.75, 3.05) is 20.2 Å². The normalized spacial score (nSPS) is 17.3. The van der Waals surface area contributed by atoms with Crippen LogP contribution in [0.15, 0.2) is 53.4 Å². The van der Waals surface area contributed by atoms with Gasteiger partial charge in [0.1, 0.15) is 5.75 Å². The molecule has 5 nitrogen and oxygen atoms in total. The minimum atomic E-state index is -3.55. The van der Waals surface area contributed by atoms with Crippen LogP contribution in [-0.4, -0.2) is 39.0 Å². The van der Waals surface area contributed by atoms with Gasteiger partial charge in [-0.3, -0.25) is 0 Å². The number of hydrogen-bond acceptors (Lipinski definition) is 4. The number of ether oxygens (including phenoxy) is 2. The van der Waals surface area contributed by atoms with E-state index in [1.807, 2.05) is 25.1 Å². The monoisotopic (exact) mass is 361 g/mol. The van der Waals surface area contributed by atoms with Crippen molar-refractivity contribution in [3.63, 3.8) is 0 Å². The summed E-state index contributed by atoms with van der Waals surface area (Å²) < 4.78 is 38.1. The molecule has 0 N–H and O–H groups in total. The lowest BCUT2D eigenvalue weighted by Crippen LogP contribution is -2.38. The maximum Gasteiger partial charge on any atom is 0.242 e. The zero-order chi connectivity index (χ0) is 17.9. The molecule has 0 aliphatic carbocycles. The number of rotatable bonds is 6. The molecular weight excluding hydrogens is 338 g/mol. The van der Waals surface area contributed by atoms with Crippen molar-refractivity contribution in [1.29, 1.82) is 0 Å². The molecule has 0 radical (unpaired) electrons. The fourth-order valence-electron chi connectivity index (χ4n) is 2.97. The number of sulfonamides is 1. The highest BCUT2D eigenvalue weighted by Gasteiger charge is 2.26. The van der Waals surface area contributed by atoms with E-state index in [1.165, 1.54) is 15.4 Å². The van der Waals surface area contributed by atoms with Gasteiger partial charge in [-0.25, -0.2) is 8.42 Å². The Labute approximate surface area is 149 Å². The Kier molecular flexibility index (Phi) is 5.42. The molecule has 1 heterocycles. The van der Waals surface area contributed by atoms with Crippen LogP contribution in [0.1, 0.15) is 18.1 Å². The number of hydrogen-bond donors (Lipinski definition) is 0. The Morgan fingerprint density at radius 2 is 1.80 bits per heavy atom. The second-order valence-electron chi connectivity index (χ2n) is 6.10. The predicted octanol–water partition coefficient (Wildman–Crippen LogP) is 2.85. The Morgan fingerprint density at radius 1 is 1.12 bits per heavy atom. The largest absolute Gasteiger partial charge is 0.494 e. The van der Waals surface area contributed by atoms with Gasteiger partial charge < -0.3 is 9.47 Å². The minimum Gasteiger partial charge on any atom is -0.494 e. The molecule has 2 aromatic rings. The summed E-state index contributed by atoms with van der Waals surface area (Å²) in [6.45, 7) is 3.29. The van der Waals surface area contributed by atoms with Crippen molar-refractivity contribution in [3.8, 4) is 5.75 Å². The minimum absolute atomic E-state index is 0.141. The highest BCUT2D eigenvalue weighted by Crippen LogP contribution is 2.23. The molecule has 3 rings (SSSR count). The number of nitrogens with zero attached hydrogens (tertiary/aromatic N) is 1. The number of likely N-dealkylation sites (N-methyl/N-ethyl adjacent to an activating group) is 1. The van der Waals surface area contributed by atoms with Crippen LogP contribution >= 0.6 is 0 Å². The highest BCUT2D eigenvalue weighted by atomic mass is 32.2. The van der Waals surface area contributed by atoms with Crippen LogP contribution in [0.3, 0.4) is 0 Å². The molecule has 0 spiro atoms. The van der Waals surface area contributed by atoms with Crippen molar-refractivity contribution >= 4 is 10.0 Å². The maximum absolute atomic E-state index is 12.8. The van der Waals surface area contributed by atoms with Gasteiger partial charge in [-0.05, 0) is 42.3 Å². The zero-order valence-electron chi connectivity index (χ0n) is 14.5. The third-order valence-electron chi connectivity index (χ3n) is 4.34. The molecule has 134 valence electrons. The first-order chi connectivity index (χ1) is 12.0. The van der Waals surface area contributed by atoms with Crippen LogP contribution < -0.4 is 4.74 Å². The Bertz CT molecular complexity index is 818. The molecule has 25 heavy (non-hydrogen) atoms. The van der Waals surface area contributed by atoms with Gasteiger partial charge in [0.05, 0.1) is 24.2 Å². The second-order valence-corrected chi connectivity index (χ2v) is 8.14. The van der Waals surface area contributed by atoms with E-state index in [1.54, 1.807) is 31.3 Å². The van der Waals surface area contributed by atoms with Crippen LogP contribution in [0.2, 0.25) is 0 Å². The molecule has 1 unspecified atom stereocenters. The molecule has 1 aliphatic rings. The fraction of sp³-hybridized carbons (Fsp3) is 0.368. The summed E-state index contributed by atoms with van der Waals surface area (Å²) in [4.78, 5) is 0.259. The number of benzene rings is 2. The smallest absolute Gasteiger partial charge is 0.242 e. The predicted molar refractivity (Wildman–Crippen MR) is 96.1 cm³/mol. The van der Waals surface area contributed by atoms with Gasteiger partial charge >= 0.3 is 0 Å². The first kappa shape index (κ1) is 17.9. The van der Waals surface area contributed by atoms with Crippen LogP contribution in [0, 0.1) is 0 Å². The Hall–Kier alpha value is -1.89. The van der Waals surface area contributed by atoms with Gasteiger partial charge in [-0.2, -0.15) is 4.31 Å². The lowest BCUT2D eigenvalue weighted by atomic mass is 9.99. The van der Waals surface area contributed by atoms with Crippen molar-refractivity contribution in [2.45, 2.75) is 31.0 Å². The van der Waals surface area contributed by atoms with Crippen molar-refractivity contribution in [2.24, 2.45) is 0 Å². The van der Waals surface area contributed by atoms with E-state index in [2.05, 4.69) is 6.07 Å². The van der Waals surface area contributed by atoms with Crippen LogP contribution in [0.5, 0.6) is 5.75 Å². The topological polar surface area (TPSA) is 55.8 Å². The average Bonchev–Trinajstić information content (AvgIpc) is 2.62. The Morgan fingerprint density at radius 3 is 2.48 bits per heavy atom. The van der Waals surface area contributed by atoms with E-state index >= 15 is 0 Å². The highest BCUT2D eigenvalue weighted by molar-refractivity contribution is 7.89. The summed E-state index contributed by atoms with van der Waals surface area (Å²) in [7, 11) is -1.96. The number of fused-ring (bicyclic) bond motifs is 1. The van der Waals surface area contributed by atoms with Crippen LogP contribution in [0.25, 0.3) is 0 Å². The van der Waals surface area contributed by atoms with E-state index in [0.717, 1.165) is 6.42 Å². The molecule has 0 amide bonds. The van der Waals surface area contributed by atoms with Crippen molar-refractivity contribution in [3.05, 3.63) is 59.7 Å².